The van der Waals surface area contributed by atoms with Crippen LogP contribution in [-0.4, -0.2) is 17.1 Å². The number of hydrogen-bond donors (Lipinski definition) is 2. The SMILES string of the molecule is COc1c(NN)ncnc1SCc1ccccc1. The molecule has 0 aliphatic carbocycles. The molecule has 0 fully saturated rings. The Balaban J connectivity index is 2.14. The van der Waals surface area contributed by atoms with Crippen molar-refractivity contribution >= 4 is 17.6 Å². The molecule has 0 saturated carbocycles. The zero-order valence-electron chi connectivity index (χ0n) is 9.96. The zero-order valence-corrected chi connectivity index (χ0v) is 10.8. The van der Waals surface area contributed by atoms with E-state index < -0.39 is 0 Å². The Hall–Kier alpha value is -1.79. The van der Waals surface area contributed by atoms with Crippen LogP contribution in [0.25, 0.3) is 0 Å². The van der Waals surface area contributed by atoms with Crippen LogP contribution in [0.3, 0.4) is 0 Å². The van der Waals surface area contributed by atoms with Crippen molar-refractivity contribution in [2.45, 2.75) is 10.8 Å². The first-order valence-corrected chi connectivity index (χ1v) is 6.36. The molecule has 1 aromatic heterocycles. The average Bonchev–Trinajstić information content (AvgIpc) is 2.45. The van der Waals surface area contributed by atoms with E-state index in [1.807, 2.05) is 18.2 Å². The van der Waals surface area contributed by atoms with Crippen LogP contribution in [0.1, 0.15) is 5.56 Å². The molecule has 1 heterocycles. The fourth-order valence-corrected chi connectivity index (χ4v) is 2.40. The molecular weight excluding hydrogens is 248 g/mol. The molecule has 94 valence electrons. The Bertz CT molecular complexity index is 507. The summed E-state index contributed by atoms with van der Waals surface area (Å²) in [5.41, 5.74) is 3.72. The smallest absolute Gasteiger partial charge is 0.195 e. The molecule has 3 N–H and O–H groups in total. The molecule has 5 nitrogen and oxygen atoms in total. The van der Waals surface area contributed by atoms with Crippen molar-refractivity contribution < 1.29 is 4.74 Å². The summed E-state index contributed by atoms with van der Waals surface area (Å²) in [4.78, 5) is 8.20. The van der Waals surface area contributed by atoms with E-state index in [4.69, 9.17) is 10.6 Å². The van der Waals surface area contributed by atoms with E-state index in [9.17, 15) is 0 Å². The summed E-state index contributed by atoms with van der Waals surface area (Å²) in [5, 5.41) is 0.768. The standard InChI is InChI=1S/C12H14N4OS/c1-17-10-11(16-13)14-8-15-12(10)18-7-9-5-3-2-4-6-9/h2-6,8H,7,13H2,1H3,(H,14,15,16). The second-order valence-corrected chi connectivity index (χ2v) is 4.44. The summed E-state index contributed by atoms with van der Waals surface area (Å²) in [7, 11) is 1.58. The van der Waals surface area contributed by atoms with Gasteiger partial charge in [-0.1, -0.05) is 42.1 Å². The number of aromatic nitrogens is 2. The zero-order chi connectivity index (χ0) is 12.8. The van der Waals surface area contributed by atoms with Gasteiger partial charge in [-0.15, -0.1) is 0 Å². The molecule has 0 atom stereocenters. The first-order chi connectivity index (χ1) is 8.85. The minimum Gasteiger partial charge on any atom is -0.490 e. The predicted molar refractivity (Wildman–Crippen MR) is 72.4 cm³/mol. The second kappa shape index (κ2) is 6.23. The molecule has 1 aromatic carbocycles. The minimum absolute atomic E-state index is 0.489. The van der Waals surface area contributed by atoms with Gasteiger partial charge in [0.1, 0.15) is 11.4 Å². The van der Waals surface area contributed by atoms with Gasteiger partial charge in [0.15, 0.2) is 11.6 Å². The number of methoxy groups -OCH3 is 1. The van der Waals surface area contributed by atoms with E-state index in [2.05, 4.69) is 27.5 Å². The van der Waals surface area contributed by atoms with E-state index in [0.717, 1.165) is 10.8 Å². The van der Waals surface area contributed by atoms with E-state index in [-0.39, 0.29) is 0 Å². The van der Waals surface area contributed by atoms with E-state index in [1.165, 1.54) is 11.9 Å². The van der Waals surface area contributed by atoms with Crippen molar-refractivity contribution in [3.05, 3.63) is 42.2 Å². The van der Waals surface area contributed by atoms with Crippen LogP contribution in [0.2, 0.25) is 0 Å². The van der Waals surface area contributed by atoms with Gasteiger partial charge < -0.3 is 10.2 Å². The maximum Gasteiger partial charge on any atom is 0.195 e. The normalized spacial score (nSPS) is 10.1. The number of thioether (sulfide) groups is 1. The number of anilines is 1. The van der Waals surface area contributed by atoms with Gasteiger partial charge in [0, 0.05) is 5.75 Å². The number of benzene rings is 1. The third-order valence-corrected chi connectivity index (χ3v) is 3.37. The highest BCUT2D eigenvalue weighted by atomic mass is 32.2. The van der Waals surface area contributed by atoms with E-state index in [0.29, 0.717) is 11.6 Å². The third kappa shape index (κ3) is 2.91. The Morgan fingerprint density at radius 2 is 2.06 bits per heavy atom. The van der Waals surface area contributed by atoms with Gasteiger partial charge in [0.05, 0.1) is 7.11 Å². The van der Waals surface area contributed by atoms with Gasteiger partial charge in [-0.05, 0) is 5.56 Å². The van der Waals surface area contributed by atoms with Gasteiger partial charge in [-0.25, -0.2) is 15.8 Å². The maximum atomic E-state index is 5.37. The summed E-state index contributed by atoms with van der Waals surface area (Å²) in [6, 6.07) is 10.2. The van der Waals surface area contributed by atoms with Crippen LogP contribution in [-0.2, 0) is 5.75 Å². The van der Waals surface area contributed by atoms with Gasteiger partial charge in [-0.3, -0.25) is 0 Å². The van der Waals surface area contributed by atoms with Crippen LogP contribution in [0.15, 0.2) is 41.7 Å². The molecule has 0 spiro atoms. The molecule has 18 heavy (non-hydrogen) atoms. The largest absolute Gasteiger partial charge is 0.490 e. The minimum atomic E-state index is 0.489. The molecule has 0 saturated heterocycles. The van der Waals surface area contributed by atoms with Crippen LogP contribution in [0, 0.1) is 0 Å². The Labute approximate surface area is 110 Å². The molecule has 0 amide bonds. The number of hydrogen-bond acceptors (Lipinski definition) is 6. The number of nitrogens with zero attached hydrogens (tertiary/aromatic N) is 2. The lowest BCUT2D eigenvalue weighted by molar-refractivity contribution is 0.400. The second-order valence-electron chi connectivity index (χ2n) is 3.48. The Morgan fingerprint density at radius 3 is 2.72 bits per heavy atom. The van der Waals surface area contributed by atoms with Crippen LogP contribution < -0.4 is 16.0 Å². The van der Waals surface area contributed by atoms with Gasteiger partial charge >= 0.3 is 0 Å². The van der Waals surface area contributed by atoms with Crippen LogP contribution in [0.4, 0.5) is 5.82 Å². The molecule has 2 rings (SSSR count). The fourth-order valence-electron chi connectivity index (χ4n) is 1.47. The van der Waals surface area contributed by atoms with Gasteiger partial charge in [-0.2, -0.15) is 0 Å². The maximum absolute atomic E-state index is 5.37. The molecule has 0 unspecified atom stereocenters. The first-order valence-electron chi connectivity index (χ1n) is 5.37. The lowest BCUT2D eigenvalue weighted by Crippen LogP contribution is -2.10. The number of ether oxygens (including phenoxy) is 1. The highest BCUT2D eigenvalue weighted by Gasteiger charge is 2.11. The molecule has 6 heteroatoms. The molecule has 0 bridgehead atoms. The highest BCUT2D eigenvalue weighted by molar-refractivity contribution is 7.98. The fraction of sp³-hybridized carbons (Fsp3) is 0.167. The van der Waals surface area contributed by atoms with Gasteiger partial charge in [0.2, 0.25) is 0 Å². The number of nitrogens with two attached hydrogens (primary N) is 1. The summed E-state index contributed by atoms with van der Waals surface area (Å²) in [5.74, 6) is 7.25. The molecule has 0 aliphatic rings. The summed E-state index contributed by atoms with van der Waals surface area (Å²) in [6.07, 6.45) is 1.46. The van der Waals surface area contributed by atoms with Crippen molar-refractivity contribution in [2.75, 3.05) is 12.5 Å². The quantitative estimate of drug-likeness (QED) is 0.372. The monoisotopic (exact) mass is 262 g/mol. The number of nitrogen functional groups attached to an aromatic ring is 1. The topological polar surface area (TPSA) is 73.1 Å². The molecule has 0 radical (unpaired) electrons. The average molecular weight is 262 g/mol. The lowest BCUT2D eigenvalue weighted by atomic mass is 10.2. The Kier molecular flexibility index (Phi) is 4.38. The Morgan fingerprint density at radius 1 is 1.28 bits per heavy atom. The number of nitrogens with one attached hydrogen (secondary N) is 1. The third-order valence-electron chi connectivity index (χ3n) is 2.33. The van der Waals surface area contributed by atoms with Crippen molar-refractivity contribution in [2.24, 2.45) is 5.84 Å². The van der Waals surface area contributed by atoms with Crippen molar-refractivity contribution in [1.29, 1.82) is 0 Å². The summed E-state index contributed by atoms with van der Waals surface area (Å²) >= 11 is 1.58. The predicted octanol–water partition coefficient (Wildman–Crippen LogP) is 2.06. The van der Waals surface area contributed by atoms with Crippen molar-refractivity contribution in [3.8, 4) is 5.75 Å². The number of rotatable bonds is 5. The number of hydrazine groups is 1. The molecule has 0 aliphatic heterocycles. The molecular formula is C12H14N4OS. The van der Waals surface area contributed by atoms with E-state index in [1.54, 1.807) is 18.9 Å². The van der Waals surface area contributed by atoms with Crippen LogP contribution >= 0.6 is 11.8 Å². The van der Waals surface area contributed by atoms with Gasteiger partial charge in [0.25, 0.3) is 0 Å². The van der Waals surface area contributed by atoms with Crippen molar-refractivity contribution in [1.82, 2.24) is 9.97 Å². The van der Waals surface area contributed by atoms with Crippen LogP contribution in [0.5, 0.6) is 5.75 Å². The van der Waals surface area contributed by atoms with Crippen molar-refractivity contribution in [3.63, 3.8) is 0 Å². The molecule has 2 aromatic rings. The summed E-state index contributed by atoms with van der Waals surface area (Å²) < 4.78 is 5.27. The first kappa shape index (κ1) is 12.7. The summed E-state index contributed by atoms with van der Waals surface area (Å²) in [6.45, 7) is 0. The van der Waals surface area contributed by atoms with E-state index >= 15 is 0 Å². The highest BCUT2D eigenvalue weighted by Crippen LogP contribution is 2.33. The lowest BCUT2D eigenvalue weighted by Gasteiger charge is -2.10.